The van der Waals surface area contributed by atoms with Crippen LogP contribution in [0.5, 0.6) is 5.75 Å². The van der Waals surface area contributed by atoms with Crippen molar-refractivity contribution in [3.8, 4) is 5.75 Å². The Morgan fingerprint density at radius 1 is 1.20 bits per heavy atom. The number of sulfone groups is 1. The van der Waals surface area contributed by atoms with Crippen molar-refractivity contribution in [2.75, 3.05) is 31.2 Å². The number of hydrogen-bond acceptors (Lipinski definition) is 6. The zero-order valence-corrected chi connectivity index (χ0v) is 16.6. The third kappa shape index (κ3) is 5.55. The Hall–Kier alpha value is -0.870. The van der Waals surface area contributed by atoms with Gasteiger partial charge in [-0.25, -0.2) is 16.8 Å². The molecule has 0 bridgehead atoms. The van der Waals surface area contributed by atoms with E-state index in [1.54, 1.807) is 19.1 Å². The zero-order chi connectivity index (χ0) is 17.8. The van der Waals surface area contributed by atoms with Gasteiger partial charge in [-0.15, -0.1) is 12.4 Å². The summed E-state index contributed by atoms with van der Waals surface area (Å²) in [7, 11) is -6.64. The first-order valence-electron chi connectivity index (χ1n) is 7.95. The van der Waals surface area contributed by atoms with Crippen LogP contribution < -0.4 is 10.5 Å². The average Bonchev–Trinajstić information content (AvgIpc) is 3.05. The van der Waals surface area contributed by atoms with Gasteiger partial charge in [0.15, 0.2) is 9.84 Å². The van der Waals surface area contributed by atoms with Gasteiger partial charge in [-0.05, 0) is 37.1 Å². The third-order valence-electron chi connectivity index (χ3n) is 4.13. The van der Waals surface area contributed by atoms with Gasteiger partial charge in [-0.1, -0.05) is 6.92 Å². The molecular formula is C15H25ClN2O5S2. The van der Waals surface area contributed by atoms with Crippen LogP contribution in [0.1, 0.15) is 19.8 Å². The molecular weight excluding hydrogens is 388 g/mol. The Balaban J connectivity index is 0.00000312. The van der Waals surface area contributed by atoms with E-state index in [2.05, 4.69) is 0 Å². The fraction of sp³-hybridized carbons (Fsp3) is 0.600. The summed E-state index contributed by atoms with van der Waals surface area (Å²) in [6.45, 7) is 2.43. The SMILES string of the molecule is CCS(=O)(=O)CCOc1ccc(S(=O)(=O)N2CCCC2CN)cc1.Cl. The fourth-order valence-electron chi connectivity index (χ4n) is 2.64. The van der Waals surface area contributed by atoms with Crippen molar-refractivity contribution in [3.63, 3.8) is 0 Å². The molecule has 7 nitrogen and oxygen atoms in total. The predicted octanol–water partition coefficient (Wildman–Crippen LogP) is 1.03. The first-order chi connectivity index (χ1) is 11.3. The summed E-state index contributed by atoms with van der Waals surface area (Å²) in [5.41, 5.74) is 5.65. The summed E-state index contributed by atoms with van der Waals surface area (Å²) in [5.74, 6) is 0.457. The molecule has 2 N–H and O–H groups in total. The smallest absolute Gasteiger partial charge is 0.243 e. The molecule has 0 aliphatic carbocycles. The van der Waals surface area contributed by atoms with Crippen LogP contribution in [-0.4, -0.2) is 58.4 Å². The second-order valence-electron chi connectivity index (χ2n) is 5.70. The molecule has 1 fully saturated rings. The highest BCUT2D eigenvalue weighted by Crippen LogP contribution is 2.26. The van der Waals surface area contributed by atoms with Gasteiger partial charge in [-0.3, -0.25) is 0 Å². The molecule has 10 heteroatoms. The summed E-state index contributed by atoms with van der Waals surface area (Å²) in [5, 5.41) is 0. The van der Waals surface area contributed by atoms with Crippen molar-refractivity contribution in [3.05, 3.63) is 24.3 Å². The van der Waals surface area contributed by atoms with Gasteiger partial charge in [0.25, 0.3) is 0 Å². The first kappa shape index (κ1) is 22.2. The van der Waals surface area contributed by atoms with E-state index in [1.165, 1.54) is 16.4 Å². The molecule has 1 heterocycles. The normalized spacial score (nSPS) is 18.7. The molecule has 1 aliphatic heterocycles. The number of halogens is 1. The zero-order valence-electron chi connectivity index (χ0n) is 14.1. The van der Waals surface area contributed by atoms with E-state index in [4.69, 9.17) is 10.5 Å². The van der Waals surface area contributed by atoms with Crippen molar-refractivity contribution in [1.29, 1.82) is 0 Å². The van der Waals surface area contributed by atoms with Crippen LogP contribution >= 0.6 is 12.4 Å². The molecule has 0 aromatic heterocycles. The highest BCUT2D eigenvalue weighted by Gasteiger charge is 2.34. The Labute approximate surface area is 155 Å². The molecule has 0 radical (unpaired) electrons. The summed E-state index contributed by atoms with van der Waals surface area (Å²) in [4.78, 5) is 0.191. The van der Waals surface area contributed by atoms with Crippen molar-refractivity contribution in [1.82, 2.24) is 4.31 Å². The Kier molecular flexibility index (Phi) is 8.14. The summed E-state index contributed by atoms with van der Waals surface area (Å²) < 4.78 is 54.9. The van der Waals surface area contributed by atoms with Gasteiger partial charge in [-0.2, -0.15) is 4.31 Å². The summed E-state index contributed by atoms with van der Waals surface area (Å²) >= 11 is 0. The Morgan fingerprint density at radius 2 is 1.84 bits per heavy atom. The Bertz CT molecular complexity index is 751. The van der Waals surface area contributed by atoms with E-state index in [0.29, 0.717) is 18.8 Å². The molecule has 0 amide bonds. The topological polar surface area (TPSA) is 107 Å². The fourth-order valence-corrected chi connectivity index (χ4v) is 4.97. The monoisotopic (exact) mass is 412 g/mol. The van der Waals surface area contributed by atoms with E-state index in [1.807, 2.05) is 0 Å². The molecule has 25 heavy (non-hydrogen) atoms. The van der Waals surface area contributed by atoms with E-state index >= 15 is 0 Å². The number of ether oxygens (including phenoxy) is 1. The summed E-state index contributed by atoms with van der Waals surface area (Å²) in [6.07, 6.45) is 1.59. The highest BCUT2D eigenvalue weighted by atomic mass is 35.5. The number of nitrogens with zero attached hydrogens (tertiary/aromatic N) is 1. The lowest BCUT2D eigenvalue weighted by molar-refractivity contribution is 0.340. The molecule has 1 aliphatic rings. The van der Waals surface area contributed by atoms with Gasteiger partial charge >= 0.3 is 0 Å². The minimum absolute atomic E-state index is 0. The van der Waals surface area contributed by atoms with Crippen molar-refractivity contribution in [2.45, 2.75) is 30.7 Å². The number of sulfonamides is 1. The average molecular weight is 413 g/mol. The number of hydrogen-bond donors (Lipinski definition) is 1. The van der Waals surface area contributed by atoms with Crippen LogP contribution in [0.15, 0.2) is 29.2 Å². The molecule has 1 saturated heterocycles. The number of rotatable bonds is 8. The highest BCUT2D eigenvalue weighted by molar-refractivity contribution is 7.91. The van der Waals surface area contributed by atoms with E-state index in [0.717, 1.165) is 12.8 Å². The Morgan fingerprint density at radius 3 is 2.40 bits per heavy atom. The number of nitrogens with two attached hydrogens (primary N) is 1. The van der Waals surface area contributed by atoms with E-state index < -0.39 is 19.9 Å². The van der Waals surface area contributed by atoms with Gasteiger partial charge in [0.1, 0.15) is 12.4 Å². The van der Waals surface area contributed by atoms with Crippen molar-refractivity contribution >= 4 is 32.3 Å². The van der Waals surface area contributed by atoms with Crippen molar-refractivity contribution < 1.29 is 21.6 Å². The predicted molar refractivity (Wildman–Crippen MR) is 99.5 cm³/mol. The van der Waals surface area contributed by atoms with Crippen LogP contribution in [0.25, 0.3) is 0 Å². The molecule has 1 unspecified atom stereocenters. The van der Waals surface area contributed by atoms with Crippen LogP contribution in [0.3, 0.4) is 0 Å². The molecule has 0 spiro atoms. The van der Waals surface area contributed by atoms with Crippen LogP contribution in [0.4, 0.5) is 0 Å². The quantitative estimate of drug-likeness (QED) is 0.683. The van der Waals surface area contributed by atoms with E-state index in [-0.39, 0.29) is 41.5 Å². The standard InChI is InChI=1S/C15H24N2O5S2.ClH/c1-2-23(18,19)11-10-22-14-5-7-15(8-6-14)24(20,21)17-9-3-4-13(17)12-16;/h5-8,13H,2-4,9-12,16H2,1H3;1H. The molecule has 2 rings (SSSR count). The van der Waals surface area contributed by atoms with Gasteiger partial charge in [0, 0.05) is 24.9 Å². The van der Waals surface area contributed by atoms with Gasteiger partial charge in [0.05, 0.1) is 10.6 Å². The molecule has 1 atom stereocenters. The molecule has 1 aromatic carbocycles. The van der Waals surface area contributed by atoms with Gasteiger partial charge < -0.3 is 10.5 Å². The number of benzene rings is 1. The first-order valence-corrected chi connectivity index (χ1v) is 11.2. The van der Waals surface area contributed by atoms with Crippen LogP contribution in [-0.2, 0) is 19.9 Å². The minimum atomic E-state index is -3.56. The molecule has 144 valence electrons. The lowest BCUT2D eigenvalue weighted by atomic mass is 10.2. The maximum Gasteiger partial charge on any atom is 0.243 e. The maximum absolute atomic E-state index is 12.6. The molecule has 1 aromatic rings. The van der Waals surface area contributed by atoms with Gasteiger partial charge in [0.2, 0.25) is 10.0 Å². The van der Waals surface area contributed by atoms with Crippen LogP contribution in [0, 0.1) is 0 Å². The minimum Gasteiger partial charge on any atom is -0.493 e. The largest absolute Gasteiger partial charge is 0.493 e. The molecule has 0 saturated carbocycles. The second-order valence-corrected chi connectivity index (χ2v) is 10.1. The lowest BCUT2D eigenvalue weighted by Gasteiger charge is -2.22. The van der Waals surface area contributed by atoms with Crippen LogP contribution in [0.2, 0.25) is 0 Å². The summed E-state index contributed by atoms with van der Waals surface area (Å²) in [6, 6.07) is 5.89. The van der Waals surface area contributed by atoms with E-state index in [9.17, 15) is 16.8 Å². The van der Waals surface area contributed by atoms with Crippen molar-refractivity contribution in [2.24, 2.45) is 5.73 Å². The lowest BCUT2D eigenvalue weighted by Crippen LogP contribution is -2.39. The second kappa shape index (κ2) is 9.18. The maximum atomic E-state index is 12.6. The third-order valence-corrected chi connectivity index (χ3v) is 7.76.